The number of nitrogens with two attached hydrogens (primary N) is 1. The van der Waals surface area contributed by atoms with Crippen LogP contribution in [0.3, 0.4) is 0 Å². The highest BCUT2D eigenvalue weighted by Gasteiger charge is 2.29. The number of nitriles is 1. The van der Waals surface area contributed by atoms with E-state index in [1.165, 1.54) is 0 Å². The number of nitrogens with one attached hydrogen (secondary N) is 1. The minimum absolute atomic E-state index is 0.00454. The maximum atomic E-state index is 12.8. The topological polar surface area (TPSA) is 121 Å². The number of unbranched alkanes of at least 4 members (excludes halogenated alkanes) is 2. The summed E-state index contributed by atoms with van der Waals surface area (Å²) in [6, 6.07) is 3.73. The van der Waals surface area contributed by atoms with Gasteiger partial charge in [0.15, 0.2) is 11.5 Å². The lowest BCUT2D eigenvalue weighted by Gasteiger charge is -2.36. The van der Waals surface area contributed by atoms with Gasteiger partial charge in [-0.25, -0.2) is 0 Å². The molecule has 1 aromatic carbocycles. The average molecular weight is 467 g/mol. The lowest BCUT2D eigenvalue weighted by Crippen LogP contribution is -2.47. The van der Waals surface area contributed by atoms with Crippen molar-refractivity contribution in [2.24, 2.45) is 5.92 Å². The molecule has 0 radical (unpaired) electrons. The summed E-state index contributed by atoms with van der Waals surface area (Å²) in [4.78, 5) is 15.0. The second-order valence-corrected chi connectivity index (χ2v) is 8.22. The van der Waals surface area contributed by atoms with Crippen molar-refractivity contribution in [3.05, 3.63) is 16.1 Å². The molecule has 158 valence electrons. The van der Waals surface area contributed by atoms with Crippen LogP contribution in [-0.4, -0.2) is 61.4 Å². The van der Waals surface area contributed by atoms with Crippen molar-refractivity contribution in [2.45, 2.75) is 31.8 Å². The Hall–Kier alpha value is -2.02. The number of amides is 1. The van der Waals surface area contributed by atoms with Crippen LogP contribution in [0.5, 0.6) is 11.5 Å². The highest BCUT2D eigenvalue weighted by atomic mass is 79.9. The Kier molecular flexibility index (Phi) is 7.58. The number of nitrogen functional groups attached to an aromatic ring is 1. The first-order chi connectivity index (χ1) is 14.0. The van der Waals surface area contributed by atoms with Gasteiger partial charge in [0.1, 0.15) is 13.2 Å². The normalized spacial score (nSPS) is 21.4. The van der Waals surface area contributed by atoms with Gasteiger partial charge in [0, 0.05) is 25.4 Å². The molecule has 2 aliphatic rings. The van der Waals surface area contributed by atoms with Crippen molar-refractivity contribution in [1.82, 2.24) is 10.2 Å². The molecule has 0 saturated carbocycles. The largest absolute Gasteiger partial charge is 0.485 e. The SMILES string of the molecule is N#CCCCCN1CC[C@@H](CNC(=O)c2cc(N)c(Br)c3c2OCCO3)[C@H](O)C1. The van der Waals surface area contributed by atoms with E-state index in [2.05, 4.69) is 32.2 Å². The maximum absolute atomic E-state index is 12.8. The standard InChI is InChI=1S/C20H27BrN4O4/c21-17-15(23)10-14(18-19(17)29-9-8-28-18)20(27)24-11-13-4-7-25(12-16(13)26)6-3-1-2-5-22/h10,13,16,26H,1-4,6-9,11-12,23H2,(H,24,27)/t13-,16+/m0/s1. The predicted octanol–water partition coefficient (Wildman–Crippen LogP) is 1.91. The van der Waals surface area contributed by atoms with Crippen molar-refractivity contribution < 1.29 is 19.4 Å². The fraction of sp³-hybridized carbons (Fsp3) is 0.600. The number of likely N-dealkylation sites (tertiary alicyclic amines) is 1. The van der Waals surface area contributed by atoms with E-state index in [4.69, 9.17) is 20.5 Å². The molecule has 1 aromatic rings. The van der Waals surface area contributed by atoms with Crippen molar-refractivity contribution in [2.75, 3.05) is 45.1 Å². The molecular weight excluding hydrogens is 440 g/mol. The fourth-order valence-electron chi connectivity index (χ4n) is 3.71. The number of β-amino-alcohol motifs (C(OH)–C–C–N with tert-alkyl or cyclic N) is 1. The molecular formula is C20H27BrN4O4. The molecule has 0 spiro atoms. The van der Waals surface area contributed by atoms with Crippen molar-refractivity contribution in [3.8, 4) is 17.6 Å². The number of carbonyl (C=O) groups excluding carboxylic acids is 1. The fourth-order valence-corrected chi connectivity index (χ4v) is 4.12. The zero-order chi connectivity index (χ0) is 20.8. The van der Waals surface area contributed by atoms with Crippen LogP contribution in [0.4, 0.5) is 5.69 Å². The van der Waals surface area contributed by atoms with Gasteiger partial charge in [0.25, 0.3) is 5.91 Å². The van der Waals surface area contributed by atoms with Gasteiger partial charge in [0.2, 0.25) is 0 Å². The van der Waals surface area contributed by atoms with E-state index in [1.807, 2.05) is 0 Å². The molecule has 3 rings (SSSR count). The number of piperidine rings is 1. The average Bonchev–Trinajstić information content (AvgIpc) is 2.73. The Morgan fingerprint density at radius 1 is 1.38 bits per heavy atom. The maximum Gasteiger partial charge on any atom is 0.255 e. The summed E-state index contributed by atoms with van der Waals surface area (Å²) < 4.78 is 11.8. The third-order valence-electron chi connectivity index (χ3n) is 5.37. The number of aliphatic hydroxyl groups excluding tert-OH is 1. The number of halogens is 1. The lowest BCUT2D eigenvalue weighted by atomic mass is 9.93. The monoisotopic (exact) mass is 466 g/mol. The first-order valence-corrected chi connectivity index (χ1v) is 10.7. The summed E-state index contributed by atoms with van der Waals surface area (Å²) in [6.45, 7) is 3.51. The van der Waals surface area contributed by atoms with E-state index < -0.39 is 6.10 Å². The third kappa shape index (κ3) is 5.32. The number of fused-ring (bicyclic) bond motifs is 1. The van der Waals surface area contributed by atoms with Crippen LogP contribution in [0.25, 0.3) is 0 Å². The van der Waals surface area contributed by atoms with Crippen LogP contribution >= 0.6 is 15.9 Å². The Balaban J connectivity index is 1.54. The number of carbonyl (C=O) groups is 1. The van der Waals surface area contributed by atoms with E-state index in [1.54, 1.807) is 6.07 Å². The Morgan fingerprint density at radius 3 is 2.86 bits per heavy atom. The van der Waals surface area contributed by atoms with Crippen molar-refractivity contribution in [1.29, 1.82) is 5.26 Å². The molecule has 1 fully saturated rings. The summed E-state index contributed by atoms with van der Waals surface area (Å²) in [5.41, 5.74) is 6.74. The second-order valence-electron chi connectivity index (χ2n) is 7.42. The van der Waals surface area contributed by atoms with Gasteiger partial charge < -0.3 is 30.5 Å². The van der Waals surface area contributed by atoms with E-state index in [9.17, 15) is 9.90 Å². The molecule has 0 bridgehead atoms. The molecule has 8 nitrogen and oxygen atoms in total. The van der Waals surface area contributed by atoms with Crippen LogP contribution in [0, 0.1) is 17.2 Å². The molecule has 1 saturated heterocycles. The van der Waals surface area contributed by atoms with Gasteiger partial charge in [-0.05, 0) is 54.3 Å². The lowest BCUT2D eigenvalue weighted by molar-refractivity contribution is 0.0216. The third-order valence-corrected chi connectivity index (χ3v) is 6.19. The number of hydrogen-bond donors (Lipinski definition) is 3. The summed E-state index contributed by atoms with van der Waals surface area (Å²) >= 11 is 3.38. The number of nitrogens with zero attached hydrogens (tertiary/aromatic N) is 2. The van der Waals surface area contributed by atoms with Crippen LogP contribution < -0.4 is 20.5 Å². The molecule has 0 aliphatic carbocycles. The Morgan fingerprint density at radius 2 is 2.14 bits per heavy atom. The highest BCUT2D eigenvalue weighted by Crippen LogP contribution is 2.43. The van der Waals surface area contributed by atoms with Gasteiger partial charge in [-0.2, -0.15) is 5.26 Å². The minimum Gasteiger partial charge on any atom is -0.485 e. The van der Waals surface area contributed by atoms with E-state index in [0.717, 1.165) is 32.4 Å². The number of rotatable bonds is 7. The van der Waals surface area contributed by atoms with Crippen LogP contribution in [0.15, 0.2) is 10.5 Å². The number of anilines is 1. The highest BCUT2D eigenvalue weighted by molar-refractivity contribution is 9.10. The van der Waals surface area contributed by atoms with E-state index >= 15 is 0 Å². The van der Waals surface area contributed by atoms with E-state index in [-0.39, 0.29) is 11.8 Å². The first kappa shape index (κ1) is 21.7. The summed E-state index contributed by atoms with van der Waals surface area (Å²) in [5, 5.41) is 22.0. The second kappa shape index (κ2) is 10.1. The Bertz CT molecular complexity index is 783. The molecule has 2 atom stereocenters. The van der Waals surface area contributed by atoms with Gasteiger partial charge in [-0.3, -0.25) is 4.79 Å². The van der Waals surface area contributed by atoms with Crippen molar-refractivity contribution >= 4 is 27.5 Å². The van der Waals surface area contributed by atoms with Gasteiger partial charge >= 0.3 is 0 Å². The number of aliphatic hydroxyl groups is 1. The molecule has 9 heteroatoms. The van der Waals surface area contributed by atoms with Gasteiger partial charge in [-0.15, -0.1) is 0 Å². The van der Waals surface area contributed by atoms with Gasteiger partial charge in [0.05, 0.1) is 27.9 Å². The molecule has 1 amide bonds. The quantitative estimate of drug-likeness (QED) is 0.414. The number of ether oxygens (including phenoxy) is 2. The van der Waals surface area contributed by atoms with Crippen LogP contribution in [-0.2, 0) is 0 Å². The summed E-state index contributed by atoms with van der Waals surface area (Å²) in [7, 11) is 0. The van der Waals surface area contributed by atoms with Gasteiger partial charge in [-0.1, -0.05) is 0 Å². The first-order valence-electron chi connectivity index (χ1n) is 9.94. The molecule has 2 aliphatic heterocycles. The molecule has 2 heterocycles. The summed E-state index contributed by atoms with van der Waals surface area (Å²) in [6.07, 6.45) is 2.72. The number of hydrogen-bond acceptors (Lipinski definition) is 7. The zero-order valence-electron chi connectivity index (χ0n) is 16.3. The smallest absolute Gasteiger partial charge is 0.255 e. The van der Waals surface area contributed by atoms with Crippen molar-refractivity contribution in [3.63, 3.8) is 0 Å². The molecule has 4 N–H and O–H groups in total. The van der Waals surface area contributed by atoms with E-state index in [0.29, 0.717) is 59.9 Å². The minimum atomic E-state index is -0.497. The summed E-state index contributed by atoms with van der Waals surface area (Å²) in [5.74, 6) is 0.542. The molecule has 0 unspecified atom stereocenters. The Labute approximate surface area is 179 Å². The zero-order valence-corrected chi connectivity index (χ0v) is 17.9. The number of benzene rings is 1. The van der Waals surface area contributed by atoms with Crippen LogP contribution in [0.1, 0.15) is 36.0 Å². The van der Waals surface area contributed by atoms with Crippen LogP contribution in [0.2, 0.25) is 0 Å². The predicted molar refractivity (Wildman–Crippen MR) is 112 cm³/mol. The molecule has 0 aromatic heterocycles. The molecule has 29 heavy (non-hydrogen) atoms.